The lowest BCUT2D eigenvalue weighted by Crippen LogP contribution is -2.47. The highest BCUT2D eigenvalue weighted by molar-refractivity contribution is 7.98. The van der Waals surface area contributed by atoms with E-state index in [1.807, 2.05) is 66.7 Å². The number of hydrogen-bond donors (Lipinski definition) is 1. The second-order valence-electron chi connectivity index (χ2n) is 8.39. The lowest BCUT2D eigenvalue weighted by Gasteiger charge is -2.33. The standard InChI is InChI=1S/C26H29N3O3S2/c1-34(31,32)29-17-15-28(16-18-29)19-21-7-11-23(12-8-21)26(30)27-24-13-9-22(10-14-24)20-33-25-5-3-2-4-6-25/h2-14H,15-20H2,1H3,(H,27,30). The Kier molecular flexibility index (Phi) is 8.05. The summed E-state index contributed by atoms with van der Waals surface area (Å²) in [5, 5.41) is 2.96. The van der Waals surface area contributed by atoms with Crippen molar-refractivity contribution in [3.05, 3.63) is 95.6 Å². The van der Waals surface area contributed by atoms with Gasteiger partial charge in [0.1, 0.15) is 0 Å². The van der Waals surface area contributed by atoms with Gasteiger partial charge in [0.2, 0.25) is 10.0 Å². The molecule has 0 saturated carbocycles. The Hall–Kier alpha value is -2.65. The van der Waals surface area contributed by atoms with Gasteiger partial charge in [-0.25, -0.2) is 8.42 Å². The molecule has 1 amide bonds. The van der Waals surface area contributed by atoms with E-state index in [9.17, 15) is 13.2 Å². The second-order valence-corrected chi connectivity index (χ2v) is 11.4. The monoisotopic (exact) mass is 495 g/mol. The summed E-state index contributed by atoms with van der Waals surface area (Å²) in [5.41, 5.74) is 3.68. The molecule has 6 nitrogen and oxygen atoms in total. The molecule has 8 heteroatoms. The molecular weight excluding hydrogens is 466 g/mol. The average molecular weight is 496 g/mol. The third kappa shape index (κ3) is 6.93. The van der Waals surface area contributed by atoms with E-state index in [1.165, 1.54) is 21.0 Å². The second kappa shape index (κ2) is 11.2. The number of amides is 1. The van der Waals surface area contributed by atoms with Gasteiger partial charge in [-0.1, -0.05) is 42.5 Å². The molecule has 1 saturated heterocycles. The van der Waals surface area contributed by atoms with Crippen LogP contribution in [0.1, 0.15) is 21.5 Å². The molecule has 34 heavy (non-hydrogen) atoms. The van der Waals surface area contributed by atoms with Gasteiger partial charge in [0.15, 0.2) is 0 Å². The highest BCUT2D eigenvalue weighted by Crippen LogP contribution is 2.23. The fourth-order valence-electron chi connectivity index (χ4n) is 3.81. The van der Waals surface area contributed by atoms with Gasteiger partial charge in [0.25, 0.3) is 5.91 Å². The minimum absolute atomic E-state index is 0.139. The fourth-order valence-corrected chi connectivity index (χ4v) is 5.51. The lowest BCUT2D eigenvalue weighted by atomic mass is 10.1. The van der Waals surface area contributed by atoms with Crippen LogP contribution in [0.15, 0.2) is 83.8 Å². The summed E-state index contributed by atoms with van der Waals surface area (Å²) in [6, 6.07) is 25.8. The van der Waals surface area contributed by atoms with E-state index in [2.05, 4.69) is 22.3 Å². The molecular formula is C26H29N3O3S2. The predicted octanol–water partition coefficient (Wildman–Crippen LogP) is 4.31. The maximum atomic E-state index is 12.7. The van der Waals surface area contributed by atoms with Crippen LogP contribution in [0.4, 0.5) is 5.69 Å². The molecule has 3 aromatic rings. The third-order valence-electron chi connectivity index (χ3n) is 5.78. The summed E-state index contributed by atoms with van der Waals surface area (Å²) >= 11 is 1.78. The van der Waals surface area contributed by atoms with Crippen LogP contribution in [0.3, 0.4) is 0 Å². The van der Waals surface area contributed by atoms with Gasteiger partial charge in [0, 0.05) is 54.6 Å². The van der Waals surface area contributed by atoms with E-state index in [0.717, 1.165) is 23.5 Å². The number of nitrogens with zero attached hydrogens (tertiary/aromatic N) is 2. The molecule has 0 radical (unpaired) electrons. The van der Waals surface area contributed by atoms with E-state index in [0.29, 0.717) is 31.7 Å². The average Bonchev–Trinajstić information content (AvgIpc) is 2.84. The van der Waals surface area contributed by atoms with Crippen molar-refractivity contribution in [3.63, 3.8) is 0 Å². The Morgan fingerprint density at radius 2 is 1.47 bits per heavy atom. The molecule has 178 valence electrons. The smallest absolute Gasteiger partial charge is 0.255 e. The Labute approximate surface area is 206 Å². The molecule has 1 N–H and O–H groups in total. The van der Waals surface area contributed by atoms with Crippen LogP contribution in [0, 0.1) is 0 Å². The van der Waals surface area contributed by atoms with Gasteiger partial charge >= 0.3 is 0 Å². The molecule has 4 rings (SSSR count). The quantitative estimate of drug-likeness (QED) is 0.472. The first-order valence-corrected chi connectivity index (χ1v) is 14.0. The molecule has 0 aromatic heterocycles. The number of hydrogen-bond acceptors (Lipinski definition) is 5. The number of thioether (sulfide) groups is 1. The maximum absolute atomic E-state index is 12.7. The van der Waals surface area contributed by atoms with Gasteiger partial charge in [-0.3, -0.25) is 9.69 Å². The zero-order valence-corrected chi connectivity index (χ0v) is 20.8. The fraction of sp³-hybridized carbons (Fsp3) is 0.269. The van der Waals surface area contributed by atoms with Crippen molar-refractivity contribution >= 4 is 33.4 Å². The number of piperazine rings is 1. The molecule has 0 unspecified atom stereocenters. The molecule has 3 aromatic carbocycles. The molecule has 0 atom stereocenters. The minimum atomic E-state index is -3.12. The first-order chi connectivity index (χ1) is 16.4. The topological polar surface area (TPSA) is 69.7 Å². The van der Waals surface area contributed by atoms with Crippen molar-refractivity contribution in [2.24, 2.45) is 0 Å². The molecule has 0 bridgehead atoms. The maximum Gasteiger partial charge on any atom is 0.255 e. The molecule has 1 aliphatic rings. The largest absolute Gasteiger partial charge is 0.322 e. The zero-order chi connectivity index (χ0) is 24.0. The van der Waals surface area contributed by atoms with Crippen LogP contribution in [0.2, 0.25) is 0 Å². The van der Waals surface area contributed by atoms with Gasteiger partial charge in [-0.2, -0.15) is 4.31 Å². The first-order valence-electron chi connectivity index (χ1n) is 11.2. The van der Waals surface area contributed by atoms with E-state index in [-0.39, 0.29) is 5.91 Å². The van der Waals surface area contributed by atoms with Crippen molar-refractivity contribution in [1.29, 1.82) is 0 Å². The highest BCUT2D eigenvalue weighted by atomic mass is 32.2. The number of sulfonamides is 1. The third-order valence-corrected chi connectivity index (χ3v) is 8.17. The molecule has 1 fully saturated rings. The Morgan fingerprint density at radius 1 is 0.853 bits per heavy atom. The number of benzene rings is 3. The first kappa shape index (κ1) is 24.5. The van der Waals surface area contributed by atoms with Crippen LogP contribution in [0.5, 0.6) is 0 Å². The lowest BCUT2D eigenvalue weighted by molar-refractivity contribution is 0.102. The van der Waals surface area contributed by atoms with E-state index < -0.39 is 10.0 Å². The van der Waals surface area contributed by atoms with Gasteiger partial charge < -0.3 is 5.32 Å². The number of anilines is 1. The highest BCUT2D eigenvalue weighted by Gasteiger charge is 2.23. The van der Waals surface area contributed by atoms with E-state index in [1.54, 1.807) is 11.8 Å². The summed E-state index contributed by atoms with van der Waals surface area (Å²) in [7, 11) is -3.12. The van der Waals surface area contributed by atoms with Gasteiger partial charge in [-0.05, 0) is 47.5 Å². The van der Waals surface area contributed by atoms with Crippen molar-refractivity contribution in [2.75, 3.05) is 37.8 Å². The summed E-state index contributed by atoms with van der Waals surface area (Å²) in [6.07, 6.45) is 1.26. The zero-order valence-electron chi connectivity index (χ0n) is 19.2. The van der Waals surface area contributed by atoms with Crippen molar-refractivity contribution in [1.82, 2.24) is 9.21 Å². The van der Waals surface area contributed by atoms with Crippen LogP contribution in [-0.4, -0.2) is 56.0 Å². The van der Waals surface area contributed by atoms with Crippen molar-refractivity contribution in [3.8, 4) is 0 Å². The van der Waals surface area contributed by atoms with Crippen LogP contribution in [-0.2, 0) is 22.3 Å². The molecule has 1 heterocycles. The Morgan fingerprint density at radius 3 is 2.09 bits per heavy atom. The number of nitrogens with one attached hydrogen (secondary N) is 1. The van der Waals surface area contributed by atoms with Crippen LogP contribution in [0.25, 0.3) is 0 Å². The SMILES string of the molecule is CS(=O)(=O)N1CCN(Cc2ccc(C(=O)Nc3ccc(CSc4ccccc4)cc3)cc2)CC1. The Bertz CT molecular complexity index is 1190. The van der Waals surface area contributed by atoms with Crippen LogP contribution >= 0.6 is 11.8 Å². The van der Waals surface area contributed by atoms with Gasteiger partial charge in [-0.15, -0.1) is 11.8 Å². The van der Waals surface area contributed by atoms with E-state index >= 15 is 0 Å². The Balaban J connectivity index is 1.26. The van der Waals surface area contributed by atoms with E-state index in [4.69, 9.17) is 0 Å². The summed E-state index contributed by atoms with van der Waals surface area (Å²) < 4.78 is 24.8. The summed E-state index contributed by atoms with van der Waals surface area (Å²) in [6.45, 7) is 3.18. The summed E-state index contributed by atoms with van der Waals surface area (Å²) in [4.78, 5) is 16.1. The number of rotatable bonds is 8. The van der Waals surface area contributed by atoms with Crippen molar-refractivity contribution < 1.29 is 13.2 Å². The number of carbonyl (C=O) groups excluding carboxylic acids is 1. The predicted molar refractivity (Wildman–Crippen MR) is 139 cm³/mol. The summed E-state index contributed by atoms with van der Waals surface area (Å²) in [5.74, 6) is 0.739. The molecule has 1 aliphatic heterocycles. The minimum Gasteiger partial charge on any atom is -0.322 e. The molecule has 0 aliphatic carbocycles. The number of carbonyl (C=O) groups is 1. The van der Waals surface area contributed by atoms with Crippen molar-refractivity contribution in [2.45, 2.75) is 17.2 Å². The van der Waals surface area contributed by atoms with Crippen LogP contribution < -0.4 is 5.32 Å². The normalized spacial score (nSPS) is 15.2. The molecule has 0 spiro atoms. The van der Waals surface area contributed by atoms with Gasteiger partial charge in [0.05, 0.1) is 6.26 Å².